The van der Waals surface area contributed by atoms with Crippen molar-refractivity contribution in [2.75, 3.05) is 26.2 Å². The summed E-state index contributed by atoms with van der Waals surface area (Å²) in [5.41, 5.74) is 1.75. The van der Waals surface area contributed by atoms with Crippen LogP contribution in [-0.4, -0.2) is 70.4 Å². The van der Waals surface area contributed by atoms with Gasteiger partial charge in [0.1, 0.15) is 6.61 Å². The van der Waals surface area contributed by atoms with E-state index in [1.54, 1.807) is 0 Å². The molecule has 0 aromatic heterocycles. The van der Waals surface area contributed by atoms with E-state index in [1.807, 2.05) is 60.7 Å². The fourth-order valence-corrected chi connectivity index (χ4v) is 3.69. The summed E-state index contributed by atoms with van der Waals surface area (Å²) in [6, 6.07) is 17.7. The van der Waals surface area contributed by atoms with Crippen molar-refractivity contribution in [1.29, 1.82) is 0 Å². The molecule has 0 spiro atoms. The molecule has 32 heavy (non-hydrogen) atoms. The van der Waals surface area contributed by atoms with Crippen molar-refractivity contribution in [2.24, 2.45) is 0 Å². The second kappa shape index (κ2) is 11.1. The maximum Gasteiger partial charge on any atom is 0.407 e. The number of amides is 2. The van der Waals surface area contributed by atoms with Crippen molar-refractivity contribution in [3.63, 3.8) is 0 Å². The summed E-state index contributed by atoms with van der Waals surface area (Å²) in [5, 5.41) is 22.0. The predicted molar refractivity (Wildman–Crippen MR) is 116 cm³/mol. The third-order valence-electron chi connectivity index (χ3n) is 5.41. The molecule has 0 aliphatic carbocycles. The van der Waals surface area contributed by atoms with Crippen molar-refractivity contribution in [3.8, 4) is 0 Å². The largest absolute Gasteiger partial charge is 0.465 e. The smallest absolute Gasteiger partial charge is 0.407 e. The van der Waals surface area contributed by atoms with Gasteiger partial charge in [-0.15, -0.1) is 0 Å². The SMILES string of the molecule is O=C(CC(NC[C@@H]1CN(C(=O)O)CCN1C(=O)O)c1ccccc1)OCc1ccccc1. The van der Waals surface area contributed by atoms with Crippen LogP contribution in [0.1, 0.15) is 23.6 Å². The van der Waals surface area contributed by atoms with Gasteiger partial charge >= 0.3 is 18.2 Å². The number of carboxylic acid groups (broad SMARTS) is 2. The van der Waals surface area contributed by atoms with Crippen LogP contribution in [0.4, 0.5) is 9.59 Å². The Morgan fingerprint density at radius 2 is 1.62 bits per heavy atom. The lowest BCUT2D eigenvalue weighted by atomic mass is 10.0. The molecule has 1 fully saturated rings. The van der Waals surface area contributed by atoms with E-state index in [-0.39, 0.29) is 45.2 Å². The first-order chi connectivity index (χ1) is 15.4. The molecule has 0 bridgehead atoms. The Kier molecular flexibility index (Phi) is 8.04. The lowest BCUT2D eigenvalue weighted by molar-refractivity contribution is -0.145. The summed E-state index contributed by atoms with van der Waals surface area (Å²) in [5.74, 6) is -0.388. The lowest BCUT2D eigenvalue weighted by Gasteiger charge is -2.39. The zero-order chi connectivity index (χ0) is 22.9. The number of hydrogen-bond acceptors (Lipinski definition) is 5. The van der Waals surface area contributed by atoms with E-state index < -0.39 is 24.3 Å². The van der Waals surface area contributed by atoms with E-state index in [0.29, 0.717) is 0 Å². The number of esters is 1. The van der Waals surface area contributed by atoms with Crippen LogP contribution in [0.3, 0.4) is 0 Å². The molecule has 0 saturated carbocycles. The number of benzene rings is 2. The monoisotopic (exact) mass is 441 g/mol. The zero-order valence-corrected chi connectivity index (χ0v) is 17.6. The Morgan fingerprint density at radius 1 is 0.969 bits per heavy atom. The molecular formula is C23H27N3O6. The van der Waals surface area contributed by atoms with Crippen molar-refractivity contribution in [3.05, 3.63) is 71.8 Å². The van der Waals surface area contributed by atoms with E-state index in [2.05, 4.69) is 5.32 Å². The first-order valence-electron chi connectivity index (χ1n) is 10.4. The summed E-state index contributed by atoms with van der Waals surface area (Å²) in [7, 11) is 0. The minimum Gasteiger partial charge on any atom is -0.465 e. The predicted octanol–water partition coefficient (Wildman–Crippen LogP) is 2.79. The maximum absolute atomic E-state index is 12.5. The van der Waals surface area contributed by atoms with Gasteiger partial charge in [0.05, 0.1) is 12.5 Å². The molecule has 2 atom stereocenters. The number of carbonyl (C=O) groups is 3. The highest BCUT2D eigenvalue weighted by molar-refractivity contribution is 5.70. The highest BCUT2D eigenvalue weighted by Gasteiger charge is 2.33. The number of nitrogens with one attached hydrogen (secondary N) is 1. The third-order valence-corrected chi connectivity index (χ3v) is 5.41. The molecule has 1 saturated heterocycles. The summed E-state index contributed by atoms with van der Waals surface area (Å²) >= 11 is 0. The minimum atomic E-state index is -1.10. The van der Waals surface area contributed by atoms with Gasteiger partial charge in [0.25, 0.3) is 0 Å². The molecule has 170 valence electrons. The van der Waals surface area contributed by atoms with Crippen LogP contribution in [0.2, 0.25) is 0 Å². The Balaban J connectivity index is 1.65. The molecular weight excluding hydrogens is 414 g/mol. The van der Waals surface area contributed by atoms with Gasteiger partial charge < -0.3 is 30.1 Å². The second-order valence-electron chi connectivity index (χ2n) is 7.58. The molecule has 2 aromatic rings. The number of rotatable bonds is 8. The molecule has 9 heteroatoms. The van der Waals surface area contributed by atoms with E-state index in [9.17, 15) is 24.6 Å². The number of ether oxygens (including phenoxy) is 1. The fraction of sp³-hybridized carbons (Fsp3) is 0.348. The molecule has 9 nitrogen and oxygen atoms in total. The molecule has 1 unspecified atom stereocenters. The zero-order valence-electron chi connectivity index (χ0n) is 17.6. The fourth-order valence-electron chi connectivity index (χ4n) is 3.69. The number of hydrogen-bond donors (Lipinski definition) is 3. The highest BCUT2D eigenvalue weighted by atomic mass is 16.5. The van der Waals surface area contributed by atoms with Crippen LogP contribution in [0.25, 0.3) is 0 Å². The minimum absolute atomic E-state index is 0.0548. The second-order valence-corrected chi connectivity index (χ2v) is 7.58. The van der Waals surface area contributed by atoms with Gasteiger partial charge in [0, 0.05) is 32.2 Å². The van der Waals surface area contributed by atoms with Gasteiger partial charge in [0.15, 0.2) is 0 Å². The summed E-state index contributed by atoms with van der Waals surface area (Å²) in [6.07, 6.45) is -2.12. The summed E-state index contributed by atoms with van der Waals surface area (Å²) in [6.45, 7) is 0.662. The van der Waals surface area contributed by atoms with Crippen molar-refractivity contribution >= 4 is 18.2 Å². The molecule has 2 amide bonds. The third kappa shape index (κ3) is 6.45. The molecule has 3 rings (SSSR count). The number of carbonyl (C=O) groups excluding carboxylic acids is 1. The first-order valence-corrected chi connectivity index (χ1v) is 10.4. The van der Waals surface area contributed by atoms with Gasteiger partial charge in [-0.2, -0.15) is 0 Å². The van der Waals surface area contributed by atoms with Gasteiger partial charge in [-0.3, -0.25) is 4.79 Å². The van der Waals surface area contributed by atoms with Gasteiger partial charge in [-0.05, 0) is 11.1 Å². The lowest BCUT2D eigenvalue weighted by Crippen LogP contribution is -2.59. The first kappa shape index (κ1) is 23.1. The van der Waals surface area contributed by atoms with Gasteiger partial charge in [-0.25, -0.2) is 9.59 Å². The summed E-state index contributed by atoms with van der Waals surface area (Å²) in [4.78, 5) is 37.9. The summed E-state index contributed by atoms with van der Waals surface area (Å²) < 4.78 is 5.41. The van der Waals surface area contributed by atoms with Crippen LogP contribution in [0.5, 0.6) is 0 Å². The van der Waals surface area contributed by atoms with E-state index in [0.717, 1.165) is 11.1 Å². The van der Waals surface area contributed by atoms with Crippen molar-refractivity contribution in [2.45, 2.75) is 25.1 Å². The molecule has 0 radical (unpaired) electrons. The molecule has 1 heterocycles. The Bertz CT molecular complexity index is 908. The van der Waals surface area contributed by atoms with Crippen LogP contribution in [-0.2, 0) is 16.1 Å². The topological polar surface area (TPSA) is 119 Å². The number of nitrogens with zero attached hydrogens (tertiary/aromatic N) is 2. The van der Waals surface area contributed by atoms with Crippen LogP contribution in [0, 0.1) is 0 Å². The molecule has 1 aliphatic rings. The number of piperazine rings is 1. The average molecular weight is 441 g/mol. The Labute approximate surface area is 186 Å². The van der Waals surface area contributed by atoms with Crippen molar-refractivity contribution in [1.82, 2.24) is 15.1 Å². The standard InChI is InChI=1S/C23H27N3O6/c27-21(32-16-17-7-3-1-4-8-17)13-20(18-9-5-2-6-10-18)24-14-19-15-25(22(28)29)11-12-26(19)23(30)31/h1-10,19-20,24H,11-16H2,(H,28,29)(H,30,31)/t19-,20?/m1/s1. The van der Waals surface area contributed by atoms with E-state index >= 15 is 0 Å². The molecule has 2 aromatic carbocycles. The van der Waals surface area contributed by atoms with Gasteiger partial charge in [-0.1, -0.05) is 60.7 Å². The molecule has 1 aliphatic heterocycles. The van der Waals surface area contributed by atoms with Crippen molar-refractivity contribution < 1.29 is 29.3 Å². The quantitative estimate of drug-likeness (QED) is 0.539. The maximum atomic E-state index is 12.5. The van der Waals surface area contributed by atoms with E-state index in [4.69, 9.17) is 4.74 Å². The normalized spacial score (nSPS) is 16.9. The highest BCUT2D eigenvalue weighted by Crippen LogP contribution is 2.19. The van der Waals surface area contributed by atoms with Crippen LogP contribution < -0.4 is 5.32 Å². The van der Waals surface area contributed by atoms with E-state index in [1.165, 1.54) is 9.80 Å². The van der Waals surface area contributed by atoms with Crippen LogP contribution >= 0.6 is 0 Å². The Morgan fingerprint density at radius 3 is 2.25 bits per heavy atom. The molecule has 3 N–H and O–H groups in total. The van der Waals surface area contributed by atoms with Crippen LogP contribution in [0.15, 0.2) is 60.7 Å². The van der Waals surface area contributed by atoms with Gasteiger partial charge in [0.2, 0.25) is 0 Å². The Hall–Kier alpha value is -3.59. The average Bonchev–Trinajstić information content (AvgIpc) is 2.81.